The Morgan fingerprint density at radius 3 is 2.90 bits per heavy atom. The van der Waals surface area contributed by atoms with Gasteiger partial charge in [0, 0.05) is 19.5 Å². The van der Waals surface area contributed by atoms with Crippen molar-refractivity contribution < 1.29 is 9.90 Å². The van der Waals surface area contributed by atoms with Gasteiger partial charge in [-0.1, -0.05) is 6.07 Å². The Balaban J connectivity index is 1.54. The van der Waals surface area contributed by atoms with Gasteiger partial charge in [0.2, 0.25) is 5.91 Å². The molecule has 112 valence electrons. The van der Waals surface area contributed by atoms with Gasteiger partial charge in [-0.2, -0.15) is 0 Å². The first-order valence-electron chi connectivity index (χ1n) is 7.28. The van der Waals surface area contributed by atoms with Crippen molar-refractivity contribution in [2.75, 3.05) is 13.1 Å². The van der Waals surface area contributed by atoms with E-state index in [4.69, 9.17) is 0 Å². The molecule has 1 aliphatic heterocycles. The molecule has 1 aromatic carbocycles. The van der Waals surface area contributed by atoms with E-state index in [9.17, 15) is 14.7 Å². The fourth-order valence-corrected chi connectivity index (χ4v) is 2.81. The van der Waals surface area contributed by atoms with Crippen LogP contribution in [0.15, 0.2) is 23.0 Å². The number of hydrogen-bond acceptors (Lipinski definition) is 3. The fourth-order valence-electron chi connectivity index (χ4n) is 2.81. The number of aliphatic hydroxyl groups excluding tert-OH is 1. The van der Waals surface area contributed by atoms with Gasteiger partial charge in [0.1, 0.15) is 0 Å². The van der Waals surface area contributed by atoms with Crippen LogP contribution in [0, 0.1) is 0 Å². The average Bonchev–Trinajstić information content (AvgIpc) is 3.03. The van der Waals surface area contributed by atoms with Crippen molar-refractivity contribution >= 4 is 16.9 Å². The first-order valence-corrected chi connectivity index (χ1v) is 7.28. The van der Waals surface area contributed by atoms with Gasteiger partial charge in [0.25, 0.3) is 0 Å². The normalized spacial score (nSPS) is 18.5. The number of H-pyrrole nitrogens is 2. The van der Waals surface area contributed by atoms with Gasteiger partial charge < -0.3 is 20.0 Å². The molecular formula is C15H19N3O3. The van der Waals surface area contributed by atoms with Gasteiger partial charge in [-0.15, -0.1) is 0 Å². The summed E-state index contributed by atoms with van der Waals surface area (Å²) in [5.74, 6) is 0.114. The molecule has 6 heteroatoms. The number of amides is 1. The van der Waals surface area contributed by atoms with Gasteiger partial charge >= 0.3 is 5.69 Å². The number of aryl methyl sites for hydroxylation is 1. The summed E-state index contributed by atoms with van der Waals surface area (Å²) >= 11 is 0. The summed E-state index contributed by atoms with van der Waals surface area (Å²) in [5, 5.41) is 9.43. The molecule has 2 aromatic rings. The Labute approximate surface area is 121 Å². The molecule has 21 heavy (non-hydrogen) atoms. The zero-order valence-corrected chi connectivity index (χ0v) is 11.8. The first-order chi connectivity index (χ1) is 10.1. The summed E-state index contributed by atoms with van der Waals surface area (Å²) in [4.78, 5) is 30.3. The molecule has 3 rings (SSSR count). The minimum absolute atomic E-state index is 0.114. The predicted octanol–water partition coefficient (Wildman–Crippen LogP) is 0.772. The van der Waals surface area contributed by atoms with Gasteiger partial charge in [0.15, 0.2) is 0 Å². The Hall–Kier alpha value is -2.08. The number of β-amino-alcohol motifs (C(OH)–C–C–N with tert-alkyl or cyclic N) is 1. The number of aromatic nitrogens is 2. The van der Waals surface area contributed by atoms with Crippen molar-refractivity contribution in [1.29, 1.82) is 0 Å². The van der Waals surface area contributed by atoms with E-state index in [1.807, 2.05) is 18.2 Å². The van der Waals surface area contributed by atoms with Gasteiger partial charge in [0.05, 0.1) is 17.1 Å². The summed E-state index contributed by atoms with van der Waals surface area (Å²) in [6, 6.07) is 5.79. The van der Waals surface area contributed by atoms with Crippen LogP contribution in [0.1, 0.15) is 24.8 Å². The number of carbonyl (C=O) groups is 1. The van der Waals surface area contributed by atoms with Crippen LogP contribution in [-0.2, 0) is 11.2 Å². The number of imidazole rings is 1. The number of aromatic amines is 2. The van der Waals surface area contributed by atoms with Crippen LogP contribution in [0.2, 0.25) is 0 Å². The third kappa shape index (κ3) is 3.16. The van der Waals surface area contributed by atoms with E-state index < -0.39 is 0 Å². The van der Waals surface area contributed by atoms with Crippen molar-refractivity contribution in [3.8, 4) is 0 Å². The Kier molecular flexibility index (Phi) is 3.79. The minimum atomic E-state index is -0.359. The van der Waals surface area contributed by atoms with Gasteiger partial charge in [-0.25, -0.2) is 4.79 Å². The Morgan fingerprint density at radius 1 is 1.33 bits per heavy atom. The number of aliphatic hydroxyl groups is 1. The fraction of sp³-hybridized carbons (Fsp3) is 0.467. The summed E-state index contributed by atoms with van der Waals surface area (Å²) < 4.78 is 0. The lowest BCUT2D eigenvalue weighted by Gasteiger charge is -2.15. The molecule has 6 nitrogen and oxygen atoms in total. The standard InChI is InChI=1S/C15H19N3O3/c19-11-6-7-18(9-11)14(20)3-1-2-10-4-5-12-13(8-10)17-15(21)16-12/h4-5,8,11,19H,1-3,6-7,9H2,(H2,16,17,21)/t11-/m1/s1. The van der Waals surface area contributed by atoms with Crippen LogP contribution < -0.4 is 5.69 Å². The maximum atomic E-state index is 12.0. The number of rotatable bonds is 4. The highest BCUT2D eigenvalue weighted by Gasteiger charge is 2.23. The van der Waals surface area contributed by atoms with Gasteiger partial charge in [-0.3, -0.25) is 4.79 Å². The molecule has 2 heterocycles. The lowest BCUT2D eigenvalue weighted by atomic mass is 10.1. The highest BCUT2D eigenvalue weighted by atomic mass is 16.3. The highest BCUT2D eigenvalue weighted by Crippen LogP contribution is 2.14. The van der Waals surface area contributed by atoms with Crippen LogP contribution >= 0.6 is 0 Å². The third-order valence-electron chi connectivity index (χ3n) is 3.95. The zero-order chi connectivity index (χ0) is 14.8. The van der Waals surface area contributed by atoms with E-state index >= 15 is 0 Å². The molecule has 0 bridgehead atoms. The minimum Gasteiger partial charge on any atom is -0.391 e. The van der Waals surface area contributed by atoms with E-state index in [2.05, 4.69) is 9.97 Å². The van der Waals surface area contributed by atoms with Crippen molar-refractivity contribution in [2.24, 2.45) is 0 Å². The quantitative estimate of drug-likeness (QED) is 0.776. The SMILES string of the molecule is O=C(CCCc1ccc2[nH]c(=O)[nH]c2c1)N1CC[C@@H](O)C1. The van der Waals surface area contributed by atoms with Gasteiger partial charge in [-0.05, 0) is 37.0 Å². The second-order valence-electron chi connectivity index (χ2n) is 5.59. The van der Waals surface area contributed by atoms with E-state index in [0.29, 0.717) is 25.9 Å². The largest absolute Gasteiger partial charge is 0.391 e. The number of benzene rings is 1. The first kappa shape index (κ1) is 13.9. The average molecular weight is 289 g/mol. The number of nitrogens with zero attached hydrogens (tertiary/aromatic N) is 1. The van der Waals surface area contributed by atoms with Crippen molar-refractivity contribution in [2.45, 2.75) is 31.8 Å². The topological polar surface area (TPSA) is 89.2 Å². The lowest BCUT2D eigenvalue weighted by Crippen LogP contribution is -2.29. The molecule has 1 amide bonds. The van der Waals surface area contributed by atoms with Crippen molar-refractivity contribution in [1.82, 2.24) is 14.9 Å². The van der Waals surface area contributed by atoms with E-state index in [0.717, 1.165) is 29.4 Å². The highest BCUT2D eigenvalue weighted by molar-refractivity contribution is 5.77. The van der Waals surface area contributed by atoms with Crippen LogP contribution in [0.25, 0.3) is 11.0 Å². The van der Waals surface area contributed by atoms with Crippen LogP contribution in [0.5, 0.6) is 0 Å². The van der Waals surface area contributed by atoms with Crippen LogP contribution in [-0.4, -0.2) is 45.1 Å². The number of likely N-dealkylation sites (tertiary alicyclic amines) is 1. The number of nitrogens with one attached hydrogen (secondary N) is 2. The maximum Gasteiger partial charge on any atom is 0.323 e. The molecule has 0 radical (unpaired) electrons. The molecule has 1 aromatic heterocycles. The van der Waals surface area contributed by atoms with E-state index in [-0.39, 0.29) is 17.7 Å². The third-order valence-corrected chi connectivity index (χ3v) is 3.95. The van der Waals surface area contributed by atoms with Crippen LogP contribution in [0.4, 0.5) is 0 Å². The summed E-state index contributed by atoms with van der Waals surface area (Å²) in [6.07, 6.45) is 2.39. The summed E-state index contributed by atoms with van der Waals surface area (Å²) in [6.45, 7) is 1.13. The molecule has 0 unspecified atom stereocenters. The Bertz CT molecular complexity index is 703. The Morgan fingerprint density at radius 2 is 2.14 bits per heavy atom. The van der Waals surface area contributed by atoms with Crippen molar-refractivity contribution in [3.63, 3.8) is 0 Å². The van der Waals surface area contributed by atoms with E-state index in [1.54, 1.807) is 4.90 Å². The number of fused-ring (bicyclic) bond motifs is 1. The van der Waals surface area contributed by atoms with Crippen LogP contribution in [0.3, 0.4) is 0 Å². The van der Waals surface area contributed by atoms with Crippen molar-refractivity contribution in [3.05, 3.63) is 34.2 Å². The lowest BCUT2D eigenvalue weighted by molar-refractivity contribution is -0.130. The molecule has 0 aliphatic carbocycles. The molecule has 0 spiro atoms. The second kappa shape index (κ2) is 5.73. The molecule has 1 aliphatic rings. The number of carbonyl (C=O) groups excluding carboxylic acids is 1. The molecule has 1 fully saturated rings. The molecule has 0 saturated carbocycles. The number of hydrogen-bond donors (Lipinski definition) is 3. The predicted molar refractivity (Wildman–Crippen MR) is 79.1 cm³/mol. The second-order valence-corrected chi connectivity index (χ2v) is 5.59. The smallest absolute Gasteiger partial charge is 0.323 e. The van der Waals surface area contributed by atoms with E-state index in [1.165, 1.54) is 0 Å². The molecular weight excluding hydrogens is 270 g/mol. The summed E-state index contributed by atoms with van der Waals surface area (Å²) in [7, 11) is 0. The monoisotopic (exact) mass is 289 g/mol. The summed E-state index contributed by atoms with van der Waals surface area (Å²) in [5.41, 5.74) is 2.49. The molecule has 1 saturated heterocycles. The molecule has 3 N–H and O–H groups in total. The maximum absolute atomic E-state index is 12.0. The molecule has 1 atom stereocenters. The zero-order valence-electron chi connectivity index (χ0n) is 11.8.